The summed E-state index contributed by atoms with van der Waals surface area (Å²) in [5.41, 5.74) is 1.61. The van der Waals surface area contributed by atoms with Crippen molar-refractivity contribution < 1.29 is 4.79 Å². The average molecular weight is 355 g/mol. The van der Waals surface area contributed by atoms with Gasteiger partial charge in [-0.3, -0.25) is 14.2 Å². The predicted octanol–water partition coefficient (Wildman–Crippen LogP) is 3.21. The van der Waals surface area contributed by atoms with Crippen LogP contribution >= 0.6 is 11.3 Å². The number of thiophene rings is 1. The van der Waals surface area contributed by atoms with Crippen molar-refractivity contribution in [3.05, 3.63) is 62.8 Å². The zero-order valence-electron chi connectivity index (χ0n) is 14.4. The van der Waals surface area contributed by atoms with Crippen LogP contribution in [0.5, 0.6) is 0 Å². The van der Waals surface area contributed by atoms with E-state index in [1.165, 1.54) is 4.57 Å². The van der Waals surface area contributed by atoms with Crippen LogP contribution in [0.2, 0.25) is 0 Å². The lowest BCUT2D eigenvalue weighted by Gasteiger charge is -2.20. The fraction of sp³-hybridized carbons (Fsp3) is 0.316. The molecule has 3 rings (SSSR count). The van der Waals surface area contributed by atoms with Crippen LogP contribution in [-0.2, 0) is 17.9 Å². The number of benzene rings is 1. The molecule has 0 fully saturated rings. The maximum atomic E-state index is 12.6. The predicted molar refractivity (Wildman–Crippen MR) is 101 cm³/mol. The summed E-state index contributed by atoms with van der Waals surface area (Å²) in [6, 6.07) is 9.59. The van der Waals surface area contributed by atoms with Crippen molar-refractivity contribution in [2.45, 2.75) is 33.4 Å². The standard InChI is InChI=1S/C19H21N3O2S/c1-3-21(12-15-7-5-11-25-15)17(23)9-10-22-13-20-18-14(2)6-4-8-16(18)19(22)24/h4-8,11,13H,3,9-10,12H2,1-2H3. The summed E-state index contributed by atoms with van der Waals surface area (Å²) >= 11 is 1.64. The van der Waals surface area contributed by atoms with Gasteiger partial charge in [0.05, 0.1) is 23.8 Å². The van der Waals surface area contributed by atoms with E-state index in [4.69, 9.17) is 0 Å². The quantitative estimate of drug-likeness (QED) is 0.682. The molecule has 3 aromatic rings. The van der Waals surface area contributed by atoms with Gasteiger partial charge in [0, 0.05) is 24.4 Å². The summed E-state index contributed by atoms with van der Waals surface area (Å²) in [6.45, 7) is 5.53. The smallest absolute Gasteiger partial charge is 0.261 e. The van der Waals surface area contributed by atoms with Gasteiger partial charge in [-0.25, -0.2) is 4.98 Å². The Morgan fingerprint density at radius 2 is 2.12 bits per heavy atom. The van der Waals surface area contributed by atoms with Gasteiger partial charge in [-0.15, -0.1) is 11.3 Å². The number of carbonyl (C=O) groups excluding carboxylic acids is 1. The molecule has 2 aromatic heterocycles. The van der Waals surface area contributed by atoms with Crippen LogP contribution in [0.1, 0.15) is 23.8 Å². The van der Waals surface area contributed by atoms with E-state index >= 15 is 0 Å². The fourth-order valence-corrected chi connectivity index (χ4v) is 3.56. The third kappa shape index (κ3) is 3.79. The maximum Gasteiger partial charge on any atom is 0.261 e. The summed E-state index contributed by atoms with van der Waals surface area (Å²) in [5, 5.41) is 2.61. The van der Waals surface area contributed by atoms with Gasteiger partial charge in [0.2, 0.25) is 5.91 Å². The van der Waals surface area contributed by atoms with Gasteiger partial charge in [-0.2, -0.15) is 0 Å². The molecule has 0 aliphatic rings. The second-order valence-corrected chi connectivity index (χ2v) is 6.98. The summed E-state index contributed by atoms with van der Waals surface area (Å²) in [5.74, 6) is 0.0483. The van der Waals surface area contributed by atoms with Crippen LogP contribution in [0.15, 0.2) is 46.8 Å². The second kappa shape index (κ2) is 7.61. The number of amides is 1. The summed E-state index contributed by atoms with van der Waals surface area (Å²) in [4.78, 5) is 32.4. The molecular weight excluding hydrogens is 334 g/mol. The first-order chi connectivity index (χ1) is 12.1. The van der Waals surface area contributed by atoms with Crippen LogP contribution in [0, 0.1) is 6.92 Å². The van der Waals surface area contributed by atoms with E-state index in [-0.39, 0.29) is 17.9 Å². The van der Waals surface area contributed by atoms with Crippen LogP contribution in [-0.4, -0.2) is 26.9 Å². The molecule has 1 amide bonds. The van der Waals surface area contributed by atoms with Crippen LogP contribution in [0.3, 0.4) is 0 Å². The highest BCUT2D eigenvalue weighted by molar-refractivity contribution is 7.09. The molecule has 0 N–H and O–H groups in total. The second-order valence-electron chi connectivity index (χ2n) is 5.95. The number of carbonyl (C=O) groups is 1. The molecule has 25 heavy (non-hydrogen) atoms. The van der Waals surface area contributed by atoms with Crippen molar-refractivity contribution in [1.82, 2.24) is 14.5 Å². The van der Waals surface area contributed by atoms with E-state index in [2.05, 4.69) is 4.98 Å². The molecule has 5 nitrogen and oxygen atoms in total. The first-order valence-corrected chi connectivity index (χ1v) is 9.23. The Morgan fingerprint density at radius 1 is 1.28 bits per heavy atom. The van der Waals surface area contributed by atoms with E-state index < -0.39 is 0 Å². The Bertz CT molecular complexity index is 931. The molecule has 0 bridgehead atoms. The molecule has 0 aliphatic carbocycles. The lowest BCUT2D eigenvalue weighted by molar-refractivity contribution is -0.131. The summed E-state index contributed by atoms with van der Waals surface area (Å²) < 4.78 is 1.53. The van der Waals surface area contributed by atoms with E-state index in [1.54, 1.807) is 23.7 Å². The Balaban J connectivity index is 1.72. The number of nitrogens with zero attached hydrogens (tertiary/aromatic N) is 3. The van der Waals surface area contributed by atoms with E-state index in [9.17, 15) is 9.59 Å². The number of rotatable bonds is 6. The van der Waals surface area contributed by atoms with Gasteiger partial charge >= 0.3 is 0 Å². The Kier molecular flexibility index (Phi) is 5.28. The summed E-state index contributed by atoms with van der Waals surface area (Å²) in [6.07, 6.45) is 1.83. The van der Waals surface area contributed by atoms with Crippen molar-refractivity contribution in [3.8, 4) is 0 Å². The van der Waals surface area contributed by atoms with Crippen LogP contribution < -0.4 is 5.56 Å². The summed E-state index contributed by atoms with van der Waals surface area (Å²) in [7, 11) is 0. The minimum Gasteiger partial charge on any atom is -0.338 e. The van der Waals surface area contributed by atoms with Gasteiger partial charge in [0.1, 0.15) is 0 Å². The molecule has 1 aromatic carbocycles. The first kappa shape index (κ1) is 17.4. The van der Waals surface area contributed by atoms with Gasteiger partial charge in [-0.1, -0.05) is 18.2 Å². The highest BCUT2D eigenvalue weighted by Gasteiger charge is 2.14. The highest BCUT2D eigenvalue weighted by Crippen LogP contribution is 2.13. The number of hydrogen-bond acceptors (Lipinski definition) is 4. The average Bonchev–Trinajstić information content (AvgIpc) is 3.12. The van der Waals surface area contributed by atoms with Crippen molar-refractivity contribution in [3.63, 3.8) is 0 Å². The topological polar surface area (TPSA) is 55.2 Å². The Labute approximate surface area is 150 Å². The van der Waals surface area contributed by atoms with Crippen molar-refractivity contribution in [1.29, 1.82) is 0 Å². The lowest BCUT2D eigenvalue weighted by Crippen LogP contribution is -2.32. The zero-order chi connectivity index (χ0) is 17.8. The Morgan fingerprint density at radius 3 is 2.84 bits per heavy atom. The van der Waals surface area contributed by atoms with Gasteiger partial charge in [0.15, 0.2) is 0 Å². The van der Waals surface area contributed by atoms with Gasteiger partial charge in [-0.05, 0) is 36.9 Å². The number of para-hydroxylation sites is 1. The minimum absolute atomic E-state index is 0.0483. The van der Waals surface area contributed by atoms with E-state index in [0.717, 1.165) is 16.0 Å². The van der Waals surface area contributed by atoms with Crippen molar-refractivity contribution in [2.75, 3.05) is 6.54 Å². The first-order valence-electron chi connectivity index (χ1n) is 8.35. The molecule has 130 valence electrons. The molecule has 6 heteroatoms. The third-order valence-corrected chi connectivity index (χ3v) is 5.14. The molecule has 0 unspecified atom stereocenters. The molecule has 0 radical (unpaired) electrons. The fourth-order valence-electron chi connectivity index (χ4n) is 2.84. The van der Waals surface area contributed by atoms with Crippen LogP contribution in [0.4, 0.5) is 0 Å². The Hall–Kier alpha value is -2.47. The third-order valence-electron chi connectivity index (χ3n) is 4.28. The zero-order valence-corrected chi connectivity index (χ0v) is 15.3. The van der Waals surface area contributed by atoms with Crippen molar-refractivity contribution in [2.24, 2.45) is 0 Å². The normalized spacial score (nSPS) is 11.0. The molecular formula is C19H21N3O2S. The number of hydrogen-bond donors (Lipinski definition) is 0. The molecule has 0 spiro atoms. The van der Waals surface area contributed by atoms with Crippen molar-refractivity contribution >= 4 is 28.1 Å². The number of aryl methyl sites for hydroxylation is 2. The maximum absolute atomic E-state index is 12.6. The molecule has 0 saturated heterocycles. The van der Waals surface area contributed by atoms with E-state index in [1.807, 2.05) is 48.4 Å². The molecule has 2 heterocycles. The lowest BCUT2D eigenvalue weighted by atomic mass is 10.1. The SMILES string of the molecule is CCN(Cc1cccs1)C(=O)CCn1cnc2c(C)cccc2c1=O. The number of aromatic nitrogens is 2. The van der Waals surface area contributed by atoms with Gasteiger partial charge in [0.25, 0.3) is 5.56 Å². The van der Waals surface area contributed by atoms with E-state index in [0.29, 0.717) is 25.0 Å². The van der Waals surface area contributed by atoms with Crippen LogP contribution in [0.25, 0.3) is 10.9 Å². The molecule has 0 atom stereocenters. The largest absolute Gasteiger partial charge is 0.338 e. The van der Waals surface area contributed by atoms with Gasteiger partial charge < -0.3 is 4.90 Å². The monoisotopic (exact) mass is 355 g/mol. The minimum atomic E-state index is -0.0946. The molecule has 0 saturated carbocycles. The molecule has 0 aliphatic heterocycles. The highest BCUT2D eigenvalue weighted by atomic mass is 32.1. The number of fused-ring (bicyclic) bond motifs is 1.